The zero-order chi connectivity index (χ0) is 16.7. The van der Waals surface area contributed by atoms with Crippen LogP contribution < -0.4 is 0 Å². The van der Waals surface area contributed by atoms with E-state index < -0.39 is 0 Å². The number of methoxy groups -OCH3 is 1. The number of fused-ring (bicyclic) bond motifs is 1. The predicted molar refractivity (Wildman–Crippen MR) is 88.9 cm³/mol. The molecule has 3 atom stereocenters. The first-order valence-electron chi connectivity index (χ1n) is 8.37. The largest absolute Gasteiger partial charge is 0.380 e. The number of rotatable bonds is 3. The van der Waals surface area contributed by atoms with Crippen molar-refractivity contribution in [2.75, 3.05) is 13.7 Å². The number of thiophene rings is 1. The topological polar surface area (TPSA) is 68.5 Å². The van der Waals surface area contributed by atoms with Crippen molar-refractivity contribution in [3.8, 4) is 0 Å². The molecule has 2 aromatic rings. The Labute approximate surface area is 144 Å². The van der Waals surface area contributed by atoms with Gasteiger partial charge in [-0.2, -0.15) is 4.98 Å². The Kier molecular flexibility index (Phi) is 4.14. The highest BCUT2D eigenvalue weighted by molar-refractivity contribution is 7.10. The molecule has 1 amide bonds. The van der Waals surface area contributed by atoms with Crippen LogP contribution in [0.25, 0.3) is 0 Å². The van der Waals surface area contributed by atoms with Gasteiger partial charge in [-0.3, -0.25) is 4.79 Å². The molecule has 4 rings (SSSR count). The fourth-order valence-corrected chi connectivity index (χ4v) is 4.82. The van der Waals surface area contributed by atoms with E-state index in [1.54, 1.807) is 25.4 Å². The molecule has 0 unspecified atom stereocenters. The highest BCUT2D eigenvalue weighted by Crippen LogP contribution is 2.40. The molecule has 0 aromatic carbocycles. The van der Waals surface area contributed by atoms with Crippen LogP contribution >= 0.6 is 11.3 Å². The minimum absolute atomic E-state index is 0.0108. The molecule has 128 valence electrons. The van der Waals surface area contributed by atoms with Crippen molar-refractivity contribution in [3.63, 3.8) is 0 Å². The van der Waals surface area contributed by atoms with Gasteiger partial charge in [0.2, 0.25) is 11.8 Å². The number of carbonyl (C=O) groups is 1. The van der Waals surface area contributed by atoms with Gasteiger partial charge >= 0.3 is 0 Å². The first-order valence-corrected chi connectivity index (χ1v) is 9.25. The van der Waals surface area contributed by atoms with Gasteiger partial charge in [0.05, 0.1) is 12.0 Å². The van der Waals surface area contributed by atoms with E-state index in [0.29, 0.717) is 24.7 Å². The summed E-state index contributed by atoms with van der Waals surface area (Å²) >= 11 is 1.76. The second kappa shape index (κ2) is 6.29. The van der Waals surface area contributed by atoms with Gasteiger partial charge in [0, 0.05) is 25.0 Å². The minimum atomic E-state index is -0.187. The third-order valence-corrected chi connectivity index (χ3v) is 6.05. The SMILES string of the molecule is CO[C@@H]1C[C@H](c2nc(C)no2)N(C(=O)[C@H]2CCCc3sccc32)C1. The van der Waals surface area contributed by atoms with Crippen molar-refractivity contribution >= 4 is 17.2 Å². The van der Waals surface area contributed by atoms with Crippen molar-refractivity contribution in [3.05, 3.63) is 33.6 Å². The molecule has 1 aliphatic carbocycles. The first-order chi connectivity index (χ1) is 11.7. The Morgan fingerprint density at radius 3 is 3.12 bits per heavy atom. The van der Waals surface area contributed by atoms with E-state index in [1.165, 1.54) is 10.4 Å². The van der Waals surface area contributed by atoms with Gasteiger partial charge in [0.1, 0.15) is 6.04 Å². The number of aromatic nitrogens is 2. The third kappa shape index (κ3) is 2.65. The Morgan fingerprint density at radius 2 is 2.38 bits per heavy atom. The molecule has 24 heavy (non-hydrogen) atoms. The molecule has 0 radical (unpaired) electrons. The molecule has 0 N–H and O–H groups in total. The summed E-state index contributed by atoms with van der Waals surface area (Å²) in [6.07, 6.45) is 3.77. The van der Waals surface area contributed by atoms with Crippen LogP contribution in [-0.2, 0) is 16.0 Å². The van der Waals surface area contributed by atoms with Gasteiger partial charge in [-0.05, 0) is 43.2 Å². The van der Waals surface area contributed by atoms with Gasteiger partial charge in [-0.15, -0.1) is 11.3 Å². The van der Waals surface area contributed by atoms with Crippen molar-refractivity contribution in [1.82, 2.24) is 15.0 Å². The third-order valence-electron chi connectivity index (χ3n) is 5.06. The van der Waals surface area contributed by atoms with E-state index in [9.17, 15) is 4.79 Å². The van der Waals surface area contributed by atoms with E-state index in [1.807, 2.05) is 4.90 Å². The van der Waals surface area contributed by atoms with Gasteiger partial charge in [-0.25, -0.2) is 0 Å². The van der Waals surface area contributed by atoms with Gasteiger partial charge in [0.25, 0.3) is 0 Å². The lowest BCUT2D eigenvalue weighted by atomic mass is 9.86. The summed E-state index contributed by atoms with van der Waals surface area (Å²) < 4.78 is 10.9. The van der Waals surface area contributed by atoms with Crippen LogP contribution in [0.4, 0.5) is 0 Å². The van der Waals surface area contributed by atoms with Crippen molar-refractivity contribution in [2.24, 2.45) is 0 Å². The van der Waals surface area contributed by atoms with E-state index in [-0.39, 0.29) is 24.0 Å². The maximum absolute atomic E-state index is 13.3. The standard InChI is InChI=1S/C17H21N3O3S/c1-10-18-16(23-19-10)14-8-11(22-2)9-20(14)17(21)13-4-3-5-15-12(13)6-7-24-15/h6-7,11,13-14H,3-5,8-9H2,1-2H3/t11-,13+,14-/m1/s1. The molecule has 7 heteroatoms. The number of amides is 1. The number of nitrogens with zero attached hydrogens (tertiary/aromatic N) is 3. The summed E-state index contributed by atoms with van der Waals surface area (Å²) in [7, 11) is 1.69. The Bertz CT molecular complexity index is 741. The van der Waals surface area contributed by atoms with Crippen LogP contribution in [0.3, 0.4) is 0 Å². The Balaban J connectivity index is 1.63. The van der Waals surface area contributed by atoms with E-state index >= 15 is 0 Å². The molecular formula is C17H21N3O3S. The van der Waals surface area contributed by atoms with Crippen LogP contribution in [0.2, 0.25) is 0 Å². The van der Waals surface area contributed by atoms with Crippen LogP contribution in [0.1, 0.15) is 53.4 Å². The van der Waals surface area contributed by atoms with E-state index in [4.69, 9.17) is 9.26 Å². The lowest BCUT2D eigenvalue weighted by Crippen LogP contribution is -2.37. The van der Waals surface area contributed by atoms with Crippen LogP contribution in [0, 0.1) is 6.92 Å². The lowest BCUT2D eigenvalue weighted by molar-refractivity contribution is -0.135. The van der Waals surface area contributed by atoms with Crippen molar-refractivity contribution < 1.29 is 14.1 Å². The summed E-state index contributed by atoms with van der Waals surface area (Å²) in [4.78, 5) is 20.9. The molecule has 1 saturated heterocycles. The fraction of sp³-hybridized carbons (Fsp3) is 0.588. The normalized spacial score (nSPS) is 26.6. The van der Waals surface area contributed by atoms with E-state index in [0.717, 1.165) is 19.3 Å². The molecular weight excluding hydrogens is 326 g/mol. The molecule has 6 nitrogen and oxygen atoms in total. The zero-order valence-electron chi connectivity index (χ0n) is 13.9. The predicted octanol–water partition coefficient (Wildman–Crippen LogP) is 2.85. The Morgan fingerprint density at radius 1 is 1.50 bits per heavy atom. The first kappa shape index (κ1) is 15.8. The fourth-order valence-electron chi connectivity index (χ4n) is 3.84. The summed E-state index contributed by atoms with van der Waals surface area (Å²) in [5, 5.41) is 5.98. The minimum Gasteiger partial charge on any atom is -0.380 e. The van der Waals surface area contributed by atoms with E-state index in [2.05, 4.69) is 21.6 Å². The average molecular weight is 347 g/mol. The van der Waals surface area contributed by atoms with Crippen molar-refractivity contribution in [1.29, 1.82) is 0 Å². The number of hydrogen-bond donors (Lipinski definition) is 0. The molecule has 0 bridgehead atoms. The number of hydrogen-bond acceptors (Lipinski definition) is 6. The second-order valence-electron chi connectivity index (χ2n) is 6.52. The molecule has 0 saturated carbocycles. The van der Waals surface area contributed by atoms with Gasteiger partial charge in [0.15, 0.2) is 5.82 Å². The maximum atomic E-state index is 13.3. The Hall–Kier alpha value is -1.73. The molecule has 2 aromatic heterocycles. The lowest BCUT2D eigenvalue weighted by Gasteiger charge is -2.29. The maximum Gasteiger partial charge on any atom is 0.249 e. The number of aryl methyl sites for hydroxylation is 2. The highest BCUT2D eigenvalue weighted by Gasteiger charge is 2.42. The van der Waals surface area contributed by atoms with Crippen molar-refractivity contribution in [2.45, 2.75) is 50.7 Å². The molecule has 1 fully saturated rings. The average Bonchev–Trinajstić information content (AvgIpc) is 3.31. The molecule has 2 aliphatic rings. The van der Waals surface area contributed by atoms with Crippen LogP contribution in [-0.4, -0.2) is 40.7 Å². The number of ether oxygens (including phenoxy) is 1. The summed E-state index contributed by atoms with van der Waals surface area (Å²) in [5.41, 5.74) is 1.21. The summed E-state index contributed by atoms with van der Waals surface area (Å²) in [5.74, 6) is 1.22. The quantitative estimate of drug-likeness (QED) is 0.854. The van der Waals surface area contributed by atoms with Gasteiger partial charge in [-0.1, -0.05) is 5.16 Å². The monoisotopic (exact) mass is 347 g/mol. The smallest absolute Gasteiger partial charge is 0.249 e. The highest BCUT2D eigenvalue weighted by atomic mass is 32.1. The van der Waals surface area contributed by atoms with Gasteiger partial charge < -0.3 is 14.2 Å². The number of likely N-dealkylation sites (tertiary alicyclic amines) is 1. The van der Waals surface area contributed by atoms with Crippen LogP contribution in [0.15, 0.2) is 16.0 Å². The second-order valence-corrected chi connectivity index (χ2v) is 7.52. The molecule has 0 spiro atoms. The summed E-state index contributed by atoms with van der Waals surface area (Å²) in [6, 6.07) is 1.92. The molecule has 3 heterocycles. The number of carbonyl (C=O) groups excluding carboxylic acids is 1. The van der Waals surface area contributed by atoms with Crippen LogP contribution in [0.5, 0.6) is 0 Å². The zero-order valence-corrected chi connectivity index (χ0v) is 14.7. The molecule has 1 aliphatic heterocycles. The summed E-state index contributed by atoms with van der Waals surface area (Å²) in [6.45, 7) is 2.37.